The van der Waals surface area contributed by atoms with Gasteiger partial charge in [0.2, 0.25) is 0 Å². The fourth-order valence-corrected chi connectivity index (χ4v) is 2.69. The third kappa shape index (κ3) is 4.46. The molecule has 1 aromatic heterocycles. The number of hydrogen-bond donors (Lipinski definition) is 3. The van der Waals surface area contributed by atoms with Crippen molar-refractivity contribution in [2.45, 2.75) is 12.5 Å². The van der Waals surface area contributed by atoms with E-state index in [1.165, 1.54) is 6.07 Å². The van der Waals surface area contributed by atoms with Crippen LogP contribution in [0.15, 0.2) is 73.1 Å². The van der Waals surface area contributed by atoms with Gasteiger partial charge in [0, 0.05) is 18.9 Å². The second-order valence-corrected chi connectivity index (χ2v) is 6.02. The van der Waals surface area contributed by atoms with Crippen LogP contribution in [0.1, 0.15) is 33.2 Å². The van der Waals surface area contributed by atoms with Gasteiger partial charge in [-0.25, -0.2) is 0 Å². The number of aromatic hydroxyl groups is 1. The number of phenols is 1. The van der Waals surface area contributed by atoms with Gasteiger partial charge in [0.25, 0.3) is 5.91 Å². The first-order valence-corrected chi connectivity index (χ1v) is 8.35. The lowest BCUT2D eigenvalue weighted by atomic mass is 10.0. The zero-order valence-corrected chi connectivity index (χ0v) is 14.2. The molecule has 1 amide bonds. The maximum atomic E-state index is 12.4. The molecule has 1 atom stereocenters. The summed E-state index contributed by atoms with van der Waals surface area (Å²) in [5.41, 5.74) is 2.91. The van der Waals surface area contributed by atoms with Gasteiger partial charge in [-0.3, -0.25) is 9.78 Å². The van der Waals surface area contributed by atoms with Crippen molar-refractivity contribution in [2.24, 2.45) is 0 Å². The molecule has 5 heteroatoms. The van der Waals surface area contributed by atoms with Crippen LogP contribution in [-0.4, -0.2) is 27.6 Å². The number of rotatable bonds is 6. The Balaban J connectivity index is 1.67. The summed E-state index contributed by atoms with van der Waals surface area (Å²) in [5, 5.41) is 22.8. The van der Waals surface area contributed by atoms with E-state index in [9.17, 15) is 15.0 Å². The molecule has 0 aliphatic heterocycles. The van der Waals surface area contributed by atoms with Crippen molar-refractivity contribution in [3.8, 4) is 5.75 Å². The molecule has 26 heavy (non-hydrogen) atoms. The number of nitrogens with one attached hydrogen (secondary N) is 1. The SMILES string of the molecule is O=C(NCC(O)c1ccncc1)c1cc(Cc2ccccc2)ccc1O. The Morgan fingerprint density at radius 2 is 1.73 bits per heavy atom. The molecule has 2 aromatic carbocycles. The molecular formula is C21H20N2O3. The molecule has 0 saturated heterocycles. The van der Waals surface area contributed by atoms with E-state index in [-0.39, 0.29) is 17.9 Å². The normalized spacial score (nSPS) is 11.7. The van der Waals surface area contributed by atoms with Crippen molar-refractivity contribution >= 4 is 5.91 Å². The van der Waals surface area contributed by atoms with Crippen molar-refractivity contribution in [1.29, 1.82) is 0 Å². The second-order valence-electron chi connectivity index (χ2n) is 6.02. The molecule has 0 fully saturated rings. The molecule has 0 saturated carbocycles. The molecule has 0 aliphatic carbocycles. The minimum absolute atomic E-state index is 0.0468. The van der Waals surface area contributed by atoms with Crippen molar-refractivity contribution in [3.05, 3.63) is 95.3 Å². The van der Waals surface area contributed by atoms with Gasteiger partial charge >= 0.3 is 0 Å². The topological polar surface area (TPSA) is 82.5 Å². The Kier molecular flexibility index (Phi) is 5.61. The highest BCUT2D eigenvalue weighted by atomic mass is 16.3. The summed E-state index contributed by atoms with van der Waals surface area (Å²) in [6.07, 6.45) is 3.00. The van der Waals surface area contributed by atoms with E-state index in [0.29, 0.717) is 12.0 Å². The summed E-state index contributed by atoms with van der Waals surface area (Å²) in [7, 11) is 0. The van der Waals surface area contributed by atoms with Crippen LogP contribution in [0.2, 0.25) is 0 Å². The lowest BCUT2D eigenvalue weighted by Gasteiger charge is -2.13. The molecule has 5 nitrogen and oxygen atoms in total. The number of aromatic nitrogens is 1. The molecule has 3 aromatic rings. The smallest absolute Gasteiger partial charge is 0.255 e. The molecule has 3 N–H and O–H groups in total. The first kappa shape index (κ1) is 17.6. The molecule has 1 heterocycles. The average molecular weight is 348 g/mol. The molecular weight excluding hydrogens is 328 g/mol. The van der Waals surface area contributed by atoms with E-state index >= 15 is 0 Å². The van der Waals surface area contributed by atoms with Gasteiger partial charge in [0.15, 0.2) is 0 Å². The minimum Gasteiger partial charge on any atom is -0.507 e. The van der Waals surface area contributed by atoms with Crippen molar-refractivity contribution in [3.63, 3.8) is 0 Å². The van der Waals surface area contributed by atoms with Gasteiger partial charge in [-0.2, -0.15) is 0 Å². The fourth-order valence-electron chi connectivity index (χ4n) is 2.69. The van der Waals surface area contributed by atoms with Crippen LogP contribution >= 0.6 is 0 Å². The van der Waals surface area contributed by atoms with Gasteiger partial charge in [-0.15, -0.1) is 0 Å². The molecule has 0 spiro atoms. The molecule has 1 unspecified atom stereocenters. The summed E-state index contributed by atoms with van der Waals surface area (Å²) < 4.78 is 0. The van der Waals surface area contributed by atoms with Crippen molar-refractivity contribution < 1.29 is 15.0 Å². The van der Waals surface area contributed by atoms with Crippen LogP contribution in [0, 0.1) is 0 Å². The Morgan fingerprint density at radius 3 is 2.46 bits per heavy atom. The lowest BCUT2D eigenvalue weighted by molar-refractivity contribution is 0.0913. The van der Waals surface area contributed by atoms with E-state index in [1.54, 1.807) is 36.7 Å². The van der Waals surface area contributed by atoms with E-state index < -0.39 is 12.0 Å². The Morgan fingerprint density at radius 1 is 1.00 bits per heavy atom. The summed E-state index contributed by atoms with van der Waals surface area (Å²) >= 11 is 0. The van der Waals surface area contributed by atoms with Crippen LogP contribution in [0.3, 0.4) is 0 Å². The third-order valence-electron chi connectivity index (χ3n) is 4.10. The number of hydrogen-bond acceptors (Lipinski definition) is 4. The van der Waals surface area contributed by atoms with Crippen LogP contribution < -0.4 is 5.32 Å². The number of aliphatic hydroxyl groups is 1. The first-order valence-electron chi connectivity index (χ1n) is 8.35. The number of carbonyl (C=O) groups is 1. The molecule has 132 valence electrons. The van der Waals surface area contributed by atoms with Crippen molar-refractivity contribution in [1.82, 2.24) is 10.3 Å². The Bertz CT molecular complexity index is 867. The first-order chi connectivity index (χ1) is 12.6. The second kappa shape index (κ2) is 8.27. The predicted octanol–water partition coefficient (Wildman–Crippen LogP) is 2.84. The van der Waals surface area contributed by atoms with Crippen LogP contribution in [0.5, 0.6) is 5.75 Å². The Hall–Kier alpha value is -3.18. The quantitative estimate of drug-likeness (QED) is 0.640. The van der Waals surface area contributed by atoms with Crippen LogP contribution in [0.4, 0.5) is 0 Å². The molecule has 0 radical (unpaired) electrons. The highest BCUT2D eigenvalue weighted by molar-refractivity contribution is 5.97. The fraction of sp³-hybridized carbons (Fsp3) is 0.143. The number of amides is 1. The van der Waals surface area contributed by atoms with E-state index in [0.717, 1.165) is 11.1 Å². The van der Waals surface area contributed by atoms with Gasteiger partial charge in [-0.05, 0) is 47.4 Å². The Labute approximate surface area is 152 Å². The zero-order valence-electron chi connectivity index (χ0n) is 14.2. The predicted molar refractivity (Wildman–Crippen MR) is 98.9 cm³/mol. The third-order valence-corrected chi connectivity index (χ3v) is 4.10. The maximum Gasteiger partial charge on any atom is 0.255 e. The van der Waals surface area contributed by atoms with Gasteiger partial charge in [0.05, 0.1) is 11.7 Å². The van der Waals surface area contributed by atoms with Crippen molar-refractivity contribution in [2.75, 3.05) is 6.54 Å². The highest BCUT2D eigenvalue weighted by Gasteiger charge is 2.14. The highest BCUT2D eigenvalue weighted by Crippen LogP contribution is 2.21. The van der Waals surface area contributed by atoms with E-state index in [1.807, 2.05) is 30.3 Å². The van der Waals surface area contributed by atoms with E-state index in [2.05, 4.69) is 10.3 Å². The van der Waals surface area contributed by atoms with Gasteiger partial charge < -0.3 is 15.5 Å². The number of carbonyl (C=O) groups excluding carboxylic acids is 1. The van der Waals surface area contributed by atoms with Crippen LogP contribution in [0.25, 0.3) is 0 Å². The van der Waals surface area contributed by atoms with Gasteiger partial charge in [0.1, 0.15) is 5.75 Å². The molecule has 0 aliphatic rings. The van der Waals surface area contributed by atoms with E-state index in [4.69, 9.17) is 0 Å². The standard InChI is InChI=1S/C21H20N2O3/c24-19-7-6-16(12-15-4-2-1-3-5-15)13-18(19)21(26)23-14-20(25)17-8-10-22-11-9-17/h1-11,13,20,24-25H,12,14H2,(H,23,26). The number of benzene rings is 2. The van der Waals surface area contributed by atoms with Crippen LogP contribution in [-0.2, 0) is 6.42 Å². The summed E-state index contributed by atoms with van der Waals surface area (Å²) in [5.74, 6) is -0.511. The zero-order chi connectivity index (χ0) is 18.4. The molecule has 3 rings (SSSR count). The minimum atomic E-state index is -0.836. The summed E-state index contributed by atoms with van der Waals surface area (Å²) in [4.78, 5) is 16.3. The summed E-state index contributed by atoms with van der Waals surface area (Å²) in [6.45, 7) is 0.0468. The number of aliphatic hydroxyl groups excluding tert-OH is 1. The van der Waals surface area contributed by atoms with Gasteiger partial charge in [-0.1, -0.05) is 36.4 Å². The average Bonchev–Trinajstić information content (AvgIpc) is 2.69. The number of pyridine rings is 1. The monoisotopic (exact) mass is 348 g/mol. The largest absolute Gasteiger partial charge is 0.507 e. The molecule has 0 bridgehead atoms. The number of nitrogens with zero attached hydrogens (tertiary/aromatic N) is 1. The number of phenolic OH excluding ortho intramolecular Hbond substituents is 1. The summed E-state index contributed by atoms with van der Waals surface area (Å²) in [6, 6.07) is 18.3. The maximum absolute atomic E-state index is 12.4. The lowest BCUT2D eigenvalue weighted by Crippen LogP contribution is -2.28.